The minimum atomic E-state index is -0.445. The summed E-state index contributed by atoms with van der Waals surface area (Å²) in [6.07, 6.45) is 7.13. The van der Waals surface area contributed by atoms with Gasteiger partial charge in [-0.3, -0.25) is 14.9 Å². The lowest BCUT2D eigenvalue weighted by Gasteiger charge is -2.30. The Kier molecular flexibility index (Phi) is 7.60. The summed E-state index contributed by atoms with van der Waals surface area (Å²) in [4.78, 5) is 29.6. The fourth-order valence-electron chi connectivity index (χ4n) is 4.54. The zero-order chi connectivity index (χ0) is 24.8. The van der Waals surface area contributed by atoms with Crippen molar-refractivity contribution in [1.82, 2.24) is 10.3 Å². The molecule has 4 rings (SSSR count). The number of para-hydroxylation sites is 1. The van der Waals surface area contributed by atoms with Crippen LogP contribution in [0.1, 0.15) is 31.2 Å². The second kappa shape index (κ2) is 11.0. The lowest BCUT2D eigenvalue weighted by Crippen LogP contribution is -2.33. The van der Waals surface area contributed by atoms with Gasteiger partial charge in [-0.1, -0.05) is 30.3 Å². The normalized spacial score (nSPS) is 17.9. The second-order valence-corrected chi connectivity index (χ2v) is 9.23. The number of hydrogen-bond acceptors (Lipinski definition) is 6. The Bertz CT molecular complexity index is 1230. The molecule has 0 unspecified atom stereocenters. The molecule has 1 aliphatic carbocycles. The molecule has 0 aliphatic heterocycles. The average Bonchev–Trinajstić information content (AvgIpc) is 2.86. The van der Waals surface area contributed by atoms with Crippen molar-refractivity contribution in [1.29, 1.82) is 0 Å². The standard InChI is InChI=1S/C27H31N5O3/c1-31(2)25-17-26(30-24-9-4-3-8-23(24)25)29-21-13-10-20(11-14-21)18-28-27(33)15-12-19-6-5-7-22(16-19)32(34)35/h3-9,12,15-17,20-21H,10-11,13-14,18H2,1-2H3,(H,28,33)(H,29,30)/b15-12+/t20-,21+. The van der Waals surface area contributed by atoms with E-state index in [0.29, 0.717) is 24.1 Å². The topological polar surface area (TPSA) is 100 Å². The van der Waals surface area contributed by atoms with Gasteiger partial charge in [0.1, 0.15) is 5.82 Å². The predicted octanol–water partition coefficient (Wildman–Crippen LogP) is 5.01. The number of anilines is 2. The first-order chi connectivity index (χ1) is 16.9. The van der Waals surface area contributed by atoms with Crippen molar-refractivity contribution >= 4 is 40.1 Å². The van der Waals surface area contributed by atoms with Crippen LogP contribution in [-0.4, -0.2) is 42.5 Å². The van der Waals surface area contributed by atoms with Gasteiger partial charge in [-0.25, -0.2) is 4.98 Å². The van der Waals surface area contributed by atoms with Crippen molar-refractivity contribution in [3.8, 4) is 0 Å². The Morgan fingerprint density at radius 2 is 1.89 bits per heavy atom. The molecule has 1 fully saturated rings. The molecule has 0 saturated heterocycles. The van der Waals surface area contributed by atoms with Gasteiger partial charge in [0.05, 0.1) is 10.4 Å². The number of carbonyl (C=O) groups is 1. The number of rotatable bonds is 8. The molecule has 0 radical (unpaired) electrons. The number of aromatic nitrogens is 1. The summed E-state index contributed by atoms with van der Waals surface area (Å²) < 4.78 is 0. The fourth-order valence-corrected chi connectivity index (χ4v) is 4.54. The Morgan fingerprint density at radius 1 is 1.11 bits per heavy atom. The number of nitrogens with one attached hydrogen (secondary N) is 2. The molecule has 1 aliphatic rings. The highest BCUT2D eigenvalue weighted by atomic mass is 16.6. The van der Waals surface area contributed by atoms with Crippen LogP contribution in [0.2, 0.25) is 0 Å². The zero-order valence-corrected chi connectivity index (χ0v) is 20.1. The Morgan fingerprint density at radius 3 is 2.63 bits per heavy atom. The number of fused-ring (bicyclic) bond motifs is 1. The summed E-state index contributed by atoms with van der Waals surface area (Å²) in [7, 11) is 4.09. The third-order valence-corrected chi connectivity index (χ3v) is 6.45. The molecular formula is C27H31N5O3. The van der Waals surface area contributed by atoms with Crippen LogP contribution in [0.3, 0.4) is 0 Å². The number of nitro groups is 1. The number of hydrogen-bond donors (Lipinski definition) is 2. The molecule has 2 aromatic carbocycles. The number of nitrogens with zero attached hydrogens (tertiary/aromatic N) is 3. The molecule has 1 saturated carbocycles. The highest BCUT2D eigenvalue weighted by Crippen LogP contribution is 2.30. The van der Waals surface area contributed by atoms with E-state index in [1.54, 1.807) is 18.2 Å². The maximum Gasteiger partial charge on any atom is 0.270 e. The van der Waals surface area contributed by atoms with Gasteiger partial charge in [0.15, 0.2) is 0 Å². The van der Waals surface area contributed by atoms with E-state index in [1.165, 1.54) is 18.2 Å². The average molecular weight is 474 g/mol. The van der Waals surface area contributed by atoms with E-state index in [4.69, 9.17) is 4.98 Å². The molecule has 182 valence electrons. The van der Waals surface area contributed by atoms with E-state index in [2.05, 4.69) is 27.7 Å². The molecule has 3 aromatic rings. The van der Waals surface area contributed by atoms with Crippen LogP contribution >= 0.6 is 0 Å². The minimum absolute atomic E-state index is 0.00903. The Labute approximate surface area is 205 Å². The van der Waals surface area contributed by atoms with Crippen LogP contribution in [0.4, 0.5) is 17.2 Å². The maximum atomic E-state index is 12.2. The highest BCUT2D eigenvalue weighted by molar-refractivity contribution is 5.93. The molecule has 8 heteroatoms. The lowest BCUT2D eigenvalue weighted by atomic mass is 9.86. The van der Waals surface area contributed by atoms with Crippen molar-refractivity contribution in [2.45, 2.75) is 31.7 Å². The van der Waals surface area contributed by atoms with Crippen LogP contribution in [-0.2, 0) is 4.79 Å². The molecule has 0 spiro atoms. The van der Waals surface area contributed by atoms with Gasteiger partial charge >= 0.3 is 0 Å². The van der Waals surface area contributed by atoms with E-state index < -0.39 is 4.92 Å². The predicted molar refractivity (Wildman–Crippen MR) is 141 cm³/mol. The molecule has 35 heavy (non-hydrogen) atoms. The molecule has 1 amide bonds. The molecule has 2 N–H and O–H groups in total. The second-order valence-electron chi connectivity index (χ2n) is 9.23. The quantitative estimate of drug-likeness (QED) is 0.271. The maximum absolute atomic E-state index is 12.2. The van der Waals surface area contributed by atoms with Crippen LogP contribution in [0.15, 0.2) is 60.7 Å². The summed E-state index contributed by atoms with van der Waals surface area (Å²) in [5.41, 5.74) is 2.76. The SMILES string of the molecule is CN(C)c1cc(N[C@H]2CC[C@@H](CNC(=O)/C=C/c3cccc([N+](=O)[O-])c3)CC2)nc2ccccc12. The fraction of sp³-hybridized carbons (Fsp3) is 0.333. The van der Waals surface area contributed by atoms with Crippen molar-refractivity contribution in [2.75, 3.05) is 30.9 Å². The number of pyridine rings is 1. The van der Waals surface area contributed by atoms with Crippen molar-refractivity contribution in [3.63, 3.8) is 0 Å². The number of non-ortho nitro benzene ring substituents is 1. The lowest BCUT2D eigenvalue weighted by molar-refractivity contribution is -0.384. The Balaban J connectivity index is 1.26. The summed E-state index contributed by atoms with van der Waals surface area (Å²) in [5, 5.41) is 18.6. The van der Waals surface area contributed by atoms with Crippen LogP contribution in [0, 0.1) is 16.0 Å². The van der Waals surface area contributed by atoms with Gasteiger partial charge in [-0.2, -0.15) is 0 Å². The monoisotopic (exact) mass is 473 g/mol. The zero-order valence-electron chi connectivity index (χ0n) is 20.1. The highest BCUT2D eigenvalue weighted by Gasteiger charge is 2.22. The van der Waals surface area contributed by atoms with E-state index in [-0.39, 0.29) is 11.6 Å². The van der Waals surface area contributed by atoms with E-state index in [1.807, 2.05) is 32.3 Å². The van der Waals surface area contributed by atoms with E-state index >= 15 is 0 Å². The number of carbonyl (C=O) groups excluding carboxylic acids is 1. The summed E-state index contributed by atoms with van der Waals surface area (Å²) >= 11 is 0. The van der Waals surface area contributed by atoms with Gasteiger partial charge < -0.3 is 15.5 Å². The number of nitro benzene ring substituents is 1. The summed E-state index contributed by atoms with van der Waals surface area (Å²) in [5.74, 6) is 1.15. The molecule has 1 aromatic heterocycles. The van der Waals surface area contributed by atoms with Crippen molar-refractivity contribution in [3.05, 3.63) is 76.4 Å². The smallest absolute Gasteiger partial charge is 0.270 e. The number of benzene rings is 2. The molecule has 1 heterocycles. The Hall–Kier alpha value is -3.94. The first-order valence-electron chi connectivity index (χ1n) is 11.9. The molecule has 8 nitrogen and oxygen atoms in total. The van der Waals surface area contributed by atoms with Crippen LogP contribution < -0.4 is 15.5 Å². The van der Waals surface area contributed by atoms with Gasteiger partial charge in [0.25, 0.3) is 5.69 Å². The number of amides is 1. The molecule has 0 bridgehead atoms. The van der Waals surface area contributed by atoms with Gasteiger partial charge in [-0.05, 0) is 49.3 Å². The molecule has 0 atom stereocenters. The summed E-state index contributed by atoms with van der Waals surface area (Å²) in [6.45, 7) is 0.629. The summed E-state index contributed by atoms with van der Waals surface area (Å²) in [6, 6.07) is 16.9. The van der Waals surface area contributed by atoms with E-state index in [0.717, 1.165) is 48.1 Å². The molecular weight excluding hydrogens is 442 g/mol. The van der Waals surface area contributed by atoms with Crippen LogP contribution in [0.25, 0.3) is 17.0 Å². The van der Waals surface area contributed by atoms with Crippen molar-refractivity contribution in [2.24, 2.45) is 5.92 Å². The largest absolute Gasteiger partial charge is 0.377 e. The van der Waals surface area contributed by atoms with Gasteiger partial charge in [0, 0.05) is 62.0 Å². The first-order valence-corrected chi connectivity index (χ1v) is 11.9. The van der Waals surface area contributed by atoms with Crippen LogP contribution in [0.5, 0.6) is 0 Å². The third-order valence-electron chi connectivity index (χ3n) is 6.45. The third kappa shape index (κ3) is 6.35. The van der Waals surface area contributed by atoms with Crippen molar-refractivity contribution < 1.29 is 9.72 Å². The van der Waals surface area contributed by atoms with E-state index in [9.17, 15) is 14.9 Å². The first kappa shape index (κ1) is 24.2. The van der Waals surface area contributed by atoms with Gasteiger partial charge in [0.2, 0.25) is 5.91 Å². The minimum Gasteiger partial charge on any atom is -0.377 e. The van der Waals surface area contributed by atoms with Gasteiger partial charge in [-0.15, -0.1) is 0 Å².